The Bertz CT molecular complexity index is 539. The highest BCUT2D eigenvalue weighted by molar-refractivity contribution is 6.02. The second kappa shape index (κ2) is 5.96. The second-order valence-electron chi connectivity index (χ2n) is 6.45. The van der Waals surface area contributed by atoms with Gasteiger partial charge in [-0.3, -0.25) is 0 Å². The lowest BCUT2D eigenvalue weighted by Crippen LogP contribution is -2.47. The van der Waals surface area contributed by atoms with Crippen molar-refractivity contribution in [3.8, 4) is 0 Å². The van der Waals surface area contributed by atoms with Crippen molar-refractivity contribution >= 4 is 11.5 Å². The van der Waals surface area contributed by atoms with E-state index in [4.69, 9.17) is 10.9 Å². The summed E-state index contributed by atoms with van der Waals surface area (Å²) in [6, 6.07) is 6.91. The number of aryl methyl sites for hydroxylation is 1. The fourth-order valence-corrected chi connectivity index (χ4v) is 4.08. The Hall–Kier alpha value is -1.71. The van der Waals surface area contributed by atoms with Crippen molar-refractivity contribution in [3.05, 3.63) is 29.3 Å². The van der Waals surface area contributed by atoms with Crippen molar-refractivity contribution in [1.82, 2.24) is 0 Å². The third-order valence-electron chi connectivity index (χ3n) is 5.09. The highest BCUT2D eigenvalue weighted by Gasteiger charge is 2.34. The number of hydrogen-bond donors (Lipinski definition) is 2. The maximum Gasteiger partial charge on any atom is 0.172 e. The average molecular weight is 287 g/mol. The van der Waals surface area contributed by atoms with Gasteiger partial charge in [0.2, 0.25) is 0 Å². The summed E-state index contributed by atoms with van der Waals surface area (Å²) in [5.74, 6) is 1.03. The lowest BCUT2D eigenvalue weighted by atomic mass is 9.78. The molecule has 0 aromatic heterocycles. The number of nitrogens with two attached hydrogens (primary N) is 1. The lowest BCUT2D eigenvalue weighted by molar-refractivity contribution is 0.244. The summed E-state index contributed by atoms with van der Waals surface area (Å²) in [4.78, 5) is 2.51. The Morgan fingerprint density at radius 1 is 1.24 bits per heavy atom. The first-order valence-electron chi connectivity index (χ1n) is 8.06. The molecule has 1 heterocycles. The van der Waals surface area contributed by atoms with E-state index in [2.05, 4.69) is 22.2 Å². The third-order valence-corrected chi connectivity index (χ3v) is 5.09. The molecule has 0 amide bonds. The molecule has 2 unspecified atom stereocenters. The fraction of sp³-hybridized carbons (Fsp3) is 0.588. The summed E-state index contributed by atoms with van der Waals surface area (Å²) in [7, 11) is 0. The van der Waals surface area contributed by atoms with Gasteiger partial charge in [-0.15, -0.1) is 0 Å². The Morgan fingerprint density at radius 3 is 2.81 bits per heavy atom. The molecule has 0 bridgehead atoms. The van der Waals surface area contributed by atoms with Gasteiger partial charge in [-0.05, 0) is 50.7 Å². The Balaban J connectivity index is 1.98. The van der Waals surface area contributed by atoms with Crippen LogP contribution in [0.2, 0.25) is 0 Å². The summed E-state index contributed by atoms with van der Waals surface area (Å²) < 4.78 is 0. The van der Waals surface area contributed by atoms with Crippen LogP contribution in [0.25, 0.3) is 0 Å². The minimum Gasteiger partial charge on any atom is -0.409 e. The van der Waals surface area contributed by atoms with Gasteiger partial charge in [0.05, 0.1) is 0 Å². The second-order valence-corrected chi connectivity index (χ2v) is 6.45. The molecule has 1 aliphatic heterocycles. The molecule has 1 saturated heterocycles. The summed E-state index contributed by atoms with van der Waals surface area (Å²) in [5.41, 5.74) is 9.05. The third kappa shape index (κ3) is 2.71. The summed E-state index contributed by atoms with van der Waals surface area (Å²) in [6.07, 6.45) is 7.91. The first-order valence-corrected chi connectivity index (χ1v) is 8.06. The molecule has 21 heavy (non-hydrogen) atoms. The van der Waals surface area contributed by atoms with E-state index in [1.54, 1.807) is 0 Å². The van der Waals surface area contributed by atoms with Crippen molar-refractivity contribution < 1.29 is 5.21 Å². The molecule has 4 heteroatoms. The summed E-state index contributed by atoms with van der Waals surface area (Å²) in [5, 5.41) is 12.3. The first-order chi connectivity index (χ1) is 10.2. The van der Waals surface area contributed by atoms with Crippen LogP contribution in [0.15, 0.2) is 23.4 Å². The Morgan fingerprint density at radius 2 is 2.00 bits per heavy atom. The van der Waals surface area contributed by atoms with Crippen molar-refractivity contribution in [2.75, 3.05) is 11.4 Å². The SMILES string of the molecule is Cc1ccc(N2CCCC3CCCCC32)c(/C(N)=N/O)c1. The quantitative estimate of drug-likeness (QED) is 0.380. The molecule has 1 aromatic carbocycles. The largest absolute Gasteiger partial charge is 0.409 e. The number of hydrogen-bond acceptors (Lipinski definition) is 3. The molecule has 1 aliphatic carbocycles. The maximum absolute atomic E-state index is 9.08. The Kier molecular flexibility index (Phi) is 4.04. The number of benzene rings is 1. The maximum atomic E-state index is 9.08. The van der Waals surface area contributed by atoms with Crippen LogP contribution in [0.4, 0.5) is 5.69 Å². The van der Waals surface area contributed by atoms with E-state index in [1.165, 1.54) is 38.5 Å². The zero-order valence-electron chi connectivity index (χ0n) is 12.8. The molecule has 1 saturated carbocycles. The smallest absolute Gasteiger partial charge is 0.172 e. The van der Waals surface area contributed by atoms with E-state index >= 15 is 0 Å². The van der Waals surface area contributed by atoms with Crippen LogP contribution in [0.3, 0.4) is 0 Å². The van der Waals surface area contributed by atoms with Gasteiger partial charge in [-0.1, -0.05) is 29.6 Å². The van der Waals surface area contributed by atoms with Gasteiger partial charge in [0, 0.05) is 23.8 Å². The zero-order chi connectivity index (χ0) is 14.8. The highest BCUT2D eigenvalue weighted by atomic mass is 16.4. The number of oxime groups is 1. The molecule has 2 fully saturated rings. The Labute approximate surface area is 126 Å². The molecular weight excluding hydrogens is 262 g/mol. The standard InChI is InChI=1S/C17H25N3O/c1-12-8-9-16(14(11-12)17(18)19-21)20-10-4-6-13-5-2-3-7-15(13)20/h8-9,11,13,15,21H,2-7,10H2,1H3,(H2,18,19). The molecule has 0 radical (unpaired) electrons. The van der Waals surface area contributed by atoms with Crippen LogP contribution in [-0.4, -0.2) is 23.6 Å². The van der Waals surface area contributed by atoms with Crippen molar-refractivity contribution in [2.45, 2.75) is 51.5 Å². The van der Waals surface area contributed by atoms with Crippen LogP contribution in [0.1, 0.15) is 49.7 Å². The van der Waals surface area contributed by atoms with E-state index < -0.39 is 0 Å². The predicted molar refractivity (Wildman–Crippen MR) is 86.0 cm³/mol. The van der Waals surface area contributed by atoms with Crippen LogP contribution < -0.4 is 10.6 Å². The molecule has 4 nitrogen and oxygen atoms in total. The summed E-state index contributed by atoms with van der Waals surface area (Å²) in [6.45, 7) is 3.12. The van der Waals surface area contributed by atoms with Gasteiger partial charge >= 0.3 is 0 Å². The van der Waals surface area contributed by atoms with Gasteiger partial charge in [0.15, 0.2) is 5.84 Å². The van der Waals surface area contributed by atoms with Crippen LogP contribution in [0, 0.1) is 12.8 Å². The zero-order valence-corrected chi connectivity index (χ0v) is 12.8. The topological polar surface area (TPSA) is 61.8 Å². The number of fused-ring (bicyclic) bond motifs is 1. The molecule has 2 aliphatic rings. The van der Waals surface area contributed by atoms with Crippen LogP contribution in [-0.2, 0) is 0 Å². The molecule has 114 valence electrons. The summed E-state index contributed by atoms with van der Waals surface area (Å²) >= 11 is 0. The number of anilines is 1. The molecular formula is C17H25N3O. The molecule has 3 N–H and O–H groups in total. The normalized spacial score (nSPS) is 26.5. The van der Waals surface area contributed by atoms with Crippen LogP contribution >= 0.6 is 0 Å². The fourth-order valence-electron chi connectivity index (χ4n) is 4.08. The minimum absolute atomic E-state index is 0.214. The van der Waals surface area contributed by atoms with E-state index in [0.29, 0.717) is 6.04 Å². The van der Waals surface area contributed by atoms with Gasteiger partial charge < -0.3 is 15.8 Å². The number of rotatable bonds is 2. The van der Waals surface area contributed by atoms with Gasteiger partial charge in [-0.2, -0.15) is 0 Å². The highest BCUT2D eigenvalue weighted by Crippen LogP contribution is 2.38. The molecule has 0 spiro atoms. The molecule has 1 aromatic rings. The number of amidine groups is 1. The number of piperidine rings is 1. The van der Waals surface area contributed by atoms with Gasteiger partial charge in [0.25, 0.3) is 0 Å². The first kappa shape index (κ1) is 14.2. The van der Waals surface area contributed by atoms with E-state index in [9.17, 15) is 0 Å². The van der Waals surface area contributed by atoms with Gasteiger partial charge in [0.1, 0.15) is 0 Å². The van der Waals surface area contributed by atoms with Crippen molar-refractivity contribution in [2.24, 2.45) is 16.8 Å². The average Bonchev–Trinajstić information content (AvgIpc) is 2.53. The van der Waals surface area contributed by atoms with Crippen molar-refractivity contribution in [3.63, 3.8) is 0 Å². The van der Waals surface area contributed by atoms with Crippen molar-refractivity contribution in [1.29, 1.82) is 0 Å². The minimum atomic E-state index is 0.214. The van der Waals surface area contributed by atoms with Gasteiger partial charge in [-0.25, -0.2) is 0 Å². The molecule has 2 atom stereocenters. The number of nitrogens with zero attached hydrogens (tertiary/aromatic N) is 2. The van der Waals surface area contributed by atoms with Crippen LogP contribution in [0.5, 0.6) is 0 Å². The van der Waals surface area contributed by atoms with E-state index in [0.717, 1.165) is 29.3 Å². The molecule has 3 rings (SSSR count). The lowest BCUT2D eigenvalue weighted by Gasteiger charge is -2.46. The van der Waals surface area contributed by atoms with E-state index in [-0.39, 0.29) is 5.84 Å². The van der Waals surface area contributed by atoms with E-state index in [1.807, 2.05) is 13.0 Å². The predicted octanol–water partition coefficient (Wildman–Crippen LogP) is 3.25. The monoisotopic (exact) mass is 287 g/mol.